The van der Waals surface area contributed by atoms with Gasteiger partial charge < -0.3 is 10.1 Å². The molecule has 158 valence electrons. The van der Waals surface area contributed by atoms with Crippen LogP contribution in [0.3, 0.4) is 0 Å². The zero-order valence-electron chi connectivity index (χ0n) is 16.9. The number of ether oxygens (including phenoxy) is 1. The van der Waals surface area contributed by atoms with Crippen LogP contribution in [0.4, 0.5) is 0 Å². The Labute approximate surface area is 187 Å². The van der Waals surface area contributed by atoms with Crippen LogP contribution < -0.4 is 5.32 Å². The second-order valence-electron chi connectivity index (χ2n) is 6.96. The molecule has 0 saturated carbocycles. The van der Waals surface area contributed by atoms with Crippen LogP contribution in [-0.4, -0.2) is 35.4 Å². The number of hydrogen-bond donors (Lipinski definition) is 1. The lowest BCUT2D eigenvalue weighted by Gasteiger charge is -2.07. The number of aromatic nitrogens is 2. The van der Waals surface area contributed by atoms with Gasteiger partial charge in [0.25, 0.3) is 5.91 Å². The van der Waals surface area contributed by atoms with Crippen molar-refractivity contribution in [2.45, 2.75) is 26.3 Å². The molecule has 5 nitrogen and oxygen atoms in total. The average Bonchev–Trinajstić information content (AvgIpc) is 3.02. The van der Waals surface area contributed by atoms with Gasteiger partial charge in [0.1, 0.15) is 5.15 Å². The van der Waals surface area contributed by atoms with Gasteiger partial charge in [-0.25, -0.2) is 4.68 Å². The molecule has 2 aromatic carbocycles. The van der Waals surface area contributed by atoms with E-state index in [9.17, 15) is 4.79 Å². The largest absolute Gasteiger partial charge is 0.381 e. The van der Waals surface area contributed by atoms with Gasteiger partial charge >= 0.3 is 0 Å². The number of nitrogens with one attached hydrogen (secondary N) is 1. The van der Waals surface area contributed by atoms with Crippen molar-refractivity contribution in [2.75, 3.05) is 19.8 Å². The minimum atomic E-state index is -0.229. The highest BCUT2D eigenvalue weighted by atomic mass is 35.5. The van der Waals surface area contributed by atoms with Gasteiger partial charge in [-0.2, -0.15) is 5.10 Å². The first-order valence-electron chi connectivity index (χ1n) is 9.92. The molecule has 0 saturated heterocycles. The summed E-state index contributed by atoms with van der Waals surface area (Å²) >= 11 is 12.7. The average molecular weight is 446 g/mol. The van der Waals surface area contributed by atoms with Crippen molar-refractivity contribution in [1.29, 1.82) is 0 Å². The van der Waals surface area contributed by atoms with Crippen LogP contribution in [0, 0.1) is 6.92 Å². The van der Waals surface area contributed by atoms with E-state index in [4.69, 9.17) is 27.9 Å². The monoisotopic (exact) mass is 445 g/mol. The number of carbonyl (C=O) groups excluding carboxylic acids is 1. The minimum absolute atomic E-state index is 0.229. The van der Waals surface area contributed by atoms with Gasteiger partial charge in [-0.05, 0) is 37.0 Å². The first-order chi connectivity index (χ1) is 14.6. The van der Waals surface area contributed by atoms with E-state index < -0.39 is 0 Å². The maximum absolute atomic E-state index is 12.6. The van der Waals surface area contributed by atoms with E-state index in [1.54, 1.807) is 11.6 Å². The molecule has 0 aliphatic rings. The molecule has 7 heteroatoms. The Morgan fingerprint density at radius 2 is 1.80 bits per heavy atom. The Hall–Kier alpha value is -2.34. The van der Waals surface area contributed by atoms with Gasteiger partial charge in [0, 0.05) is 18.2 Å². The van der Waals surface area contributed by atoms with Gasteiger partial charge in [0.15, 0.2) is 0 Å². The molecule has 0 atom stereocenters. The molecule has 0 radical (unpaired) electrons. The number of hydrogen-bond acceptors (Lipinski definition) is 3. The van der Waals surface area contributed by atoms with Crippen molar-refractivity contribution < 1.29 is 9.53 Å². The molecule has 1 amide bonds. The normalized spacial score (nSPS) is 10.9. The number of rotatable bonds is 10. The molecule has 0 aliphatic carbocycles. The summed E-state index contributed by atoms with van der Waals surface area (Å²) in [5.41, 5.74) is 3.13. The summed E-state index contributed by atoms with van der Waals surface area (Å²) in [5, 5.41) is 8.25. The van der Waals surface area contributed by atoms with Crippen LogP contribution in [0.5, 0.6) is 0 Å². The third-order valence-corrected chi connectivity index (χ3v) is 5.45. The first kappa shape index (κ1) is 22.3. The lowest BCUT2D eigenvalue weighted by molar-refractivity contribution is 0.0941. The van der Waals surface area contributed by atoms with E-state index in [-0.39, 0.29) is 5.91 Å². The van der Waals surface area contributed by atoms with Crippen LogP contribution in [0.1, 0.15) is 33.6 Å². The summed E-state index contributed by atoms with van der Waals surface area (Å²) < 4.78 is 7.24. The molecule has 0 aliphatic heterocycles. The maximum Gasteiger partial charge on any atom is 0.256 e. The van der Waals surface area contributed by atoms with E-state index in [1.807, 2.05) is 42.5 Å². The number of amides is 1. The maximum atomic E-state index is 12.6. The summed E-state index contributed by atoms with van der Waals surface area (Å²) in [6.07, 6.45) is 1.61. The number of benzene rings is 2. The highest BCUT2D eigenvalue weighted by Gasteiger charge is 2.20. The molecule has 1 aromatic heterocycles. The third-order valence-electron chi connectivity index (χ3n) is 4.70. The number of carbonyl (C=O) groups is 1. The van der Waals surface area contributed by atoms with Crippen molar-refractivity contribution in [2.24, 2.45) is 0 Å². The summed E-state index contributed by atoms with van der Waals surface area (Å²) in [7, 11) is 0. The molecule has 1 N–H and O–H groups in total. The summed E-state index contributed by atoms with van der Waals surface area (Å²) in [4.78, 5) is 12.6. The molecule has 1 heterocycles. The van der Waals surface area contributed by atoms with Crippen LogP contribution >= 0.6 is 23.2 Å². The van der Waals surface area contributed by atoms with Crippen LogP contribution in [0.2, 0.25) is 10.2 Å². The SMILES string of the molecule is Cc1nn(Cc2ccccc2Cl)c(Cl)c1C(=O)NCCCOCCc1ccccc1. The molecule has 30 heavy (non-hydrogen) atoms. The Balaban J connectivity index is 1.44. The quantitative estimate of drug-likeness (QED) is 0.450. The standard InChI is InChI=1S/C23H25Cl2N3O2/c1-17-21(22(25)28(27-17)16-19-10-5-6-11-20(19)24)23(29)26-13-7-14-30-15-12-18-8-3-2-4-9-18/h2-6,8-11H,7,12-16H2,1H3,(H,26,29). The Morgan fingerprint density at radius 3 is 2.57 bits per heavy atom. The van der Waals surface area contributed by atoms with Gasteiger partial charge in [-0.1, -0.05) is 71.7 Å². The zero-order valence-corrected chi connectivity index (χ0v) is 18.4. The molecule has 0 spiro atoms. The van der Waals surface area contributed by atoms with E-state index in [1.165, 1.54) is 5.56 Å². The number of aryl methyl sites for hydroxylation is 1. The van der Waals surface area contributed by atoms with Gasteiger partial charge in [0.2, 0.25) is 0 Å². The lowest BCUT2D eigenvalue weighted by atomic mass is 10.2. The van der Waals surface area contributed by atoms with Crippen LogP contribution in [-0.2, 0) is 17.7 Å². The highest BCUT2D eigenvalue weighted by molar-refractivity contribution is 6.33. The smallest absolute Gasteiger partial charge is 0.256 e. The zero-order chi connectivity index (χ0) is 21.3. The van der Waals surface area contributed by atoms with Crippen LogP contribution in [0.15, 0.2) is 54.6 Å². The van der Waals surface area contributed by atoms with Crippen molar-refractivity contribution in [3.8, 4) is 0 Å². The van der Waals surface area contributed by atoms with E-state index >= 15 is 0 Å². The Morgan fingerprint density at radius 1 is 1.07 bits per heavy atom. The summed E-state index contributed by atoms with van der Waals surface area (Å²) in [5.74, 6) is -0.229. The predicted octanol–water partition coefficient (Wildman–Crippen LogP) is 4.93. The molecule has 3 rings (SSSR count). The Bertz CT molecular complexity index is 974. The topological polar surface area (TPSA) is 56.2 Å². The number of nitrogens with zero attached hydrogens (tertiary/aromatic N) is 2. The summed E-state index contributed by atoms with van der Waals surface area (Å²) in [6.45, 7) is 3.94. The molecule has 0 fully saturated rings. The van der Waals surface area contributed by atoms with Crippen molar-refractivity contribution in [3.05, 3.63) is 87.2 Å². The third kappa shape index (κ3) is 6.08. The van der Waals surface area contributed by atoms with E-state index in [0.29, 0.717) is 47.7 Å². The summed E-state index contributed by atoms with van der Waals surface area (Å²) in [6, 6.07) is 17.7. The molecule has 0 unspecified atom stereocenters. The molecule has 3 aromatic rings. The van der Waals surface area contributed by atoms with Gasteiger partial charge in [-0.15, -0.1) is 0 Å². The molecular weight excluding hydrogens is 421 g/mol. The van der Waals surface area contributed by atoms with Gasteiger partial charge in [0.05, 0.1) is 24.4 Å². The molecular formula is C23H25Cl2N3O2. The minimum Gasteiger partial charge on any atom is -0.381 e. The van der Waals surface area contributed by atoms with E-state index in [2.05, 4.69) is 22.5 Å². The first-order valence-corrected chi connectivity index (χ1v) is 10.7. The van der Waals surface area contributed by atoms with Gasteiger partial charge in [-0.3, -0.25) is 4.79 Å². The Kier molecular flexibility index (Phi) is 8.31. The second-order valence-corrected chi connectivity index (χ2v) is 7.72. The second kappa shape index (κ2) is 11.2. The molecule has 0 bridgehead atoms. The fraction of sp³-hybridized carbons (Fsp3) is 0.304. The lowest BCUT2D eigenvalue weighted by Crippen LogP contribution is -2.26. The van der Waals surface area contributed by atoms with Crippen molar-refractivity contribution in [1.82, 2.24) is 15.1 Å². The predicted molar refractivity (Wildman–Crippen MR) is 120 cm³/mol. The fourth-order valence-corrected chi connectivity index (χ4v) is 3.62. The van der Waals surface area contributed by atoms with E-state index in [0.717, 1.165) is 18.4 Å². The van der Waals surface area contributed by atoms with Crippen LogP contribution in [0.25, 0.3) is 0 Å². The number of halogens is 2. The van der Waals surface area contributed by atoms with Crippen molar-refractivity contribution >= 4 is 29.1 Å². The highest BCUT2D eigenvalue weighted by Crippen LogP contribution is 2.23. The fourth-order valence-electron chi connectivity index (χ4n) is 3.11. The van der Waals surface area contributed by atoms with Crippen molar-refractivity contribution in [3.63, 3.8) is 0 Å².